The van der Waals surface area contributed by atoms with Crippen LogP contribution in [0, 0.1) is 11.8 Å². The molecule has 1 aliphatic carbocycles. The van der Waals surface area contributed by atoms with E-state index in [9.17, 15) is 9.90 Å². The van der Waals surface area contributed by atoms with Crippen molar-refractivity contribution in [2.24, 2.45) is 11.8 Å². The van der Waals surface area contributed by atoms with Crippen molar-refractivity contribution < 1.29 is 15.0 Å². The van der Waals surface area contributed by atoms with Gasteiger partial charge in [0, 0.05) is 6.42 Å². The van der Waals surface area contributed by atoms with Gasteiger partial charge in [0.15, 0.2) is 0 Å². The summed E-state index contributed by atoms with van der Waals surface area (Å²) in [6.07, 6.45) is 22.1. The first kappa shape index (κ1) is 20.7. The van der Waals surface area contributed by atoms with E-state index < -0.39 is 5.97 Å². The molecule has 0 aromatic rings. The average molecular weight is 335 g/mol. The number of aliphatic carboxylic acids is 1. The molecule has 1 fully saturated rings. The SMILES string of the molecule is CCCCC/C=C\C[C@@H]1C[C@H]1[C@@H](O)/C=C\C/C=C\CCCC(=O)O. The third-order valence-electron chi connectivity index (χ3n) is 4.53. The number of aliphatic hydroxyl groups is 1. The van der Waals surface area contributed by atoms with E-state index >= 15 is 0 Å². The summed E-state index contributed by atoms with van der Waals surface area (Å²) in [4.78, 5) is 10.4. The first-order chi connectivity index (χ1) is 11.6. The van der Waals surface area contributed by atoms with Gasteiger partial charge in [-0.05, 0) is 56.8 Å². The molecule has 0 saturated heterocycles. The monoisotopic (exact) mass is 334 g/mol. The van der Waals surface area contributed by atoms with Gasteiger partial charge in [-0.25, -0.2) is 0 Å². The fraction of sp³-hybridized carbons (Fsp3) is 0.667. The molecule has 3 heteroatoms. The van der Waals surface area contributed by atoms with Gasteiger partial charge >= 0.3 is 5.97 Å². The second-order valence-corrected chi connectivity index (χ2v) is 6.77. The Bertz CT molecular complexity index is 423. The summed E-state index contributed by atoms with van der Waals surface area (Å²) >= 11 is 0. The highest BCUT2D eigenvalue weighted by Gasteiger charge is 2.40. The van der Waals surface area contributed by atoms with Crippen molar-refractivity contribution in [3.05, 3.63) is 36.5 Å². The molecule has 24 heavy (non-hydrogen) atoms. The van der Waals surface area contributed by atoms with E-state index in [-0.39, 0.29) is 12.5 Å². The molecule has 3 nitrogen and oxygen atoms in total. The van der Waals surface area contributed by atoms with Gasteiger partial charge in [-0.15, -0.1) is 0 Å². The molecule has 0 spiro atoms. The van der Waals surface area contributed by atoms with Crippen molar-refractivity contribution >= 4 is 5.97 Å². The smallest absolute Gasteiger partial charge is 0.303 e. The van der Waals surface area contributed by atoms with Crippen LogP contribution in [0.4, 0.5) is 0 Å². The summed E-state index contributed by atoms with van der Waals surface area (Å²) in [5, 5.41) is 18.7. The van der Waals surface area contributed by atoms with E-state index in [1.807, 2.05) is 24.3 Å². The van der Waals surface area contributed by atoms with Crippen LogP contribution in [0.25, 0.3) is 0 Å². The molecule has 1 rings (SSSR count). The first-order valence-electron chi connectivity index (χ1n) is 9.51. The zero-order valence-corrected chi connectivity index (χ0v) is 15.1. The lowest BCUT2D eigenvalue weighted by Crippen LogP contribution is -2.06. The minimum Gasteiger partial charge on any atom is -0.481 e. The van der Waals surface area contributed by atoms with Crippen molar-refractivity contribution in [3.8, 4) is 0 Å². The molecule has 1 saturated carbocycles. The molecule has 0 radical (unpaired) electrons. The molecule has 0 aliphatic heterocycles. The standard InChI is InChI=1S/C21H34O3/c1-2-3-4-5-8-11-14-18-17-19(18)20(22)15-12-9-6-7-10-13-16-21(23)24/h6-8,11-12,15,18-20,22H,2-5,9-10,13-14,16-17H2,1H3,(H,23,24)/b7-6-,11-8-,15-12-/t18-,19-,20+/m1/s1. The van der Waals surface area contributed by atoms with E-state index in [1.165, 1.54) is 25.7 Å². The van der Waals surface area contributed by atoms with Crippen molar-refractivity contribution in [2.45, 2.75) is 77.2 Å². The fourth-order valence-corrected chi connectivity index (χ4v) is 2.89. The molecule has 1 aliphatic rings. The summed E-state index contributed by atoms with van der Waals surface area (Å²) in [5.74, 6) is 0.348. The second-order valence-electron chi connectivity index (χ2n) is 6.77. The van der Waals surface area contributed by atoms with Crippen LogP contribution in [0.15, 0.2) is 36.5 Å². The lowest BCUT2D eigenvalue weighted by atomic mass is 10.1. The molecule has 0 aromatic carbocycles. The molecule has 136 valence electrons. The zero-order chi connectivity index (χ0) is 17.6. The Morgan fingerprint density at radius 2 is 1.83 bits per heavy atom. The van der Waals surface area contributed by atoms with Gasteiger partial charge in [0.05, 0.1) is 6.10 Å². The Balaban J connectivity index is 2.04. The van der Waals surface area contributed by atoms with E-state index in [0.29, 0.717) is 18.3 Å². The van der Waals surface area contributed by atoms with E-state index in [2.05, 4.69) is 19.1 Å². The van der Waals surface area contributed by atoms with Crippen molar-refractivity contribution in [2.75, 3.05) is 0 Å². The first-order valence-corrected chi connectivity index (χ1v) is 9.51. The van der Waals surface area contributed by atoms with Crippen LogP contribution in [-0.4, -0.2) is 22.3 Å². The zero-order valence-electron chi connectivity index (χ0n) is 15.1. The summed E-state index contributed by atoms with van der Waals surface area (Å²) in [7, 11) is 0. The van der Waals surface area contributed by atoms with Crippen LogP contribution >= 0.6 is 0 Å². The van der Waals surface area contributed by atoms with Crippen LogP contribution in [-0.2, 0) is 4.79 Å². The second kappa shape index (κ2) is 13.0. The maximum atomic E-state index is 10.4. The third-order valence-corrected chi connectivity index (χ3v) is 4.53. The molecular weight excluding hydrogens is 300 g/mol. The Labute approximate surface area is 147 Å². The summed E-state index contributed by atoms with van der Waals surface area (Å²) in [6.45, 7) is 2.22. The maximum absolute atomic E-state index is 10.4. The number of unbranched alkanes of at least 4 members (excludes halogenated alkanes) is 4. The Morgan fingerprint density at radius 3 is 2.58 bits per heavy atom. The number of allylic oxidation sites excluding steroid dienone is 5. The number of aliphatic hydroxyl groups excluding tert-OH is 1. The van der Waals surface area contributed by atoms with Crippen molar-refractivity contribution in [1.29, 1.82) is 0 Å². The summed E-state index contributed by atoms with van der Waals surface area (Å²) in [6, 6.07) is 0. The van der Waals surface area contributed by atoms with Crippen molar-refractivity contribution in [3.63, 3.8) is 0 Å². The van der Waals surface area contributed by atoms with Crippen LogP contribution in [0.5, 0.6) is 0 Å². The van der Waals surface area contributed by atoms with Gasteiger partial charge in [0.2, 0.25) is 0 Å². The van der Waals surface area contributed by atoms with Crippen molar-refractivity contribution in [1.82, 2.24) is 0 Å². The summed E-state index contributed by atoms with van der Waals surface area (Å²) < 4.78 is 0. The molecule has 3 atom stereocenters. The minimum atomic E-state index is -0.735. The van der Waals surface area contributed by atoms with Gasteiger partial charge < -0.3 is 10.2 Å². The minimum absolute atomic E-state index is 0.231. The van der Waals surface area contributed by atoms with Gasteiger partial charge in [0.1, 0.15) is 0 Å². The summed E-state index contributed by atoms with van der Waals surface area (Å²) in [5.41, 5.74) is 0. The van der Waals surface area contributed by atoms with Gasteiger partial charge in [-0.3, -0.25) is 4.79 Å². The van der Waals surface area contributed by atoms with E-state index in [0.717, 1.165) is 25.7 Å². The van der Waals surface area contributed by atoms with Crippen LogP contribution < -0.4 is 0 Å². The highest BCUT2D eigenvalue weighted by molar-refractivity contribution is 5.66. The lowest BCUT2D eigenvalue weighted by molar-refractivity contribution is -0.137. The largest absolute Gasteiger partial charge is 0.481 e. The average Bonchev–Trinajstić information content (AvgIpc) is 3.32. The normalized spacial score (nSPS) is 21.9. The number of carboxylic acids is 1. The molecule has 0 aromatic heterocycles. The highest BCUT2D eigenvalue weighted by Crippen LogP contribution is 2.44. The van der Waals surface area contributed by atoms with Crippen LogP contribution in [0.3, 0.4) is 0 Å². The quantitative estimate of drug-likeness (QED) is 0.336. The van der Waals surface area contributed by atoms with Crippen LogP contribution in [0.1, 0.15) is 71.1 Å². The highest BCUT2D eigenvalue weighted by atomic mass is 16.4. The molecule has 0 unspecified atom stereocenters. The van der Waals surface area contributed by atoms with Gasteiger partial charge in [0.25, 0.3) is 0 Å². The number of hydrogen-bond donors (Lipinski definition) is 2. The molecule has 0 bridgehead atoms. The third kappa shape index (κ3) is 10.4. The van der Waals surface area contributed by atoms with Gasteiger partial charge in [-0.1, -0.05) is 56.2 Å². The maximum Gasteiger partial charge on any atom is 0.303 e. The lowest BCUT2D eigenvalue weighted by Gasteiger charge is -2.03. The van der Waals surface area contributed by atoms with Crippen LogP contribution in [0.2, 0.25) is 0 Å². The molecule has 2 N–H and O–H groups in total. The van der Waals surface area contributed by atoms with E-state index in [4.69, 9.17) is 5.11 Å². The predicted molar refractivity (Wildman–Crippen MR) is 99.9 cm³/mol. The number of carbonyl (C=O) groups is 1. The topological polar surface area (TPSA) is 57.5 Å². The Kier molecular flexibility index (Phi) is 11.2. The van der Waals surface area contributed by atoms with E-state index in [1.54, 1.807) is 0 Å². The van der Waals surface area contributed by atoms with Gasteiger partial charge in [-0.2, -0.15) is 0 Å². The Morgan fingerprint density at radius 1 is 1.08 bits per heavy atom. The molecular formula is C21H34O3. The molecule has 0 amide bonds. The number of carboxylic acid groups (broad SMARTS) is 1. The predicted octanol–water partition coefficient (Wildman–Crippen LogP) is 5.27. The number of hydrogen-bond acceptors (Lipinski definition) is 2. The Hall–Kier alpha value is -1.35. The fourth-order valence-electron chi connectivity index (χ4n) is 2.89. The molecule has 0 heterocycles. The number of rotatable bonds is 14.